The van der Waals surface area contributed by atoms with E-state index in [-0.39, 0.29) is 23.0 Å². The van der Waals surface area contributed by atoms with Crippen molar-refractivity contribution in [3.05, 3.63) is 269 Å². The Kier molecular flexibility index (Phi) is 15.4. The first kappa shape index (κ1) is 53.5. The van der Waals surface area contributed by atoms with Crippen molar-refractivity contribution in [1.29, 1.82) is 0 Å². The second-order valence-electron chi connectivity index (χ2n) is 21.0. The zero-order valence-corrected chi connectivity index (χ0v) is 44.2. The Hall–Kier alpha value is -8.82. The van der Waals surface area contributed by atoms with Crippen LogP contribution in [-0.2, 0) is 21.7 Å². The highest BCUT2D eigenvalue weighted by molar-refractivity contribution is 5.46. The molecule has 0 aliphatic heterocycles. The molecule has 0 unspecified atom stereocenters. The molecule has 9 heteroatoms. The van der Waals surface area contributed by atoms with Crippen molar-refractivity contribution in [2.24, 2.45) is 0 Å². The molecule has 0 bridgehead atoms. The van der Waals surface area contributed by atoms with Gasteiger partial charge in [-0.25, -0.2) is 0 Å². The first-order valence-electron chi connectivity index (χ1n) is 25.2. The molecular formula is C67H66O9. The van der Waals surface area contributed by atoms with Crippen LogP contribution in [0.5, 0.6) is 51.7 Å². The summed E-state index contributed by atoms with van der Waals surface area (Å²) in [5.41, 5.74) is 6.55. The summed E-state index contributed by atoms with van der Waals surface area (Å²) in [5.74, 6) is 2.76. The van der Waals surface area contributed by atoms with E-state index in [0.717, 1.165) is 44.5 Å². The third kappa shape index (κ3) is 12.4. The summed E-state index contributed by atoms with van der Waals surface area (Å²) in [4.78, 5) is 0. The minimum atomic E-state index is -2.25. The fraction of sp³-hybridized carbons (Fsp3) is 0.194. The van der Waals surface area contributed by atoms with E-state index in [9.17, 15) is 20.4 Å². The predicted molar refractivity (Wildman–Crippen MR) is 300 cm³/mol. The summed E-state index contributed by atoms with van der Waals surface area (Å²) in [6, 6.07) is 68.4. The molecule has 0 spiro atoms. The van der Waals surface area contributed by atoms with Gasteiger partial charge in [0, 0.05) is 21.7 Å². The van der Waals surface area contributed by atoms with Gasteiger partial charge in [0.25, 0.3) is 0 Å². The summed E-state index contributed by atoms with van der Waals surface area (Å²) < 4.78 is 27.5. The maximum absolute atomic E-state index is 9.99. The molecule has 0 saturated heterocycles. The van der Waals surface area contributed by atoms with Gasteiger partial charge in [0.15, 0.2) is 0 Å². The Morgan fingerprint density at radius 2 is 0.368 bits per heavy atom. The van der Waals surface area contributed by atoms with Crippen molar-refractivity contribution in [3.63, 3.8) is 0 Å². The van der Waals surface area contributed by atoms with E-state index >= 15 is 0 Å². The zero-order valence-electron chi connectivity index (χ0n) is 44.2. The number of ether oxygens (including phenoxy) is 4. The lowest BCUT2D eigenvalue weighted by molar-refractivity contribution is -0.367. The van der Waals surface area contributed by atoms with Crippen LogP contribution < -0.4 is 18.9 Å². The van der Waals surface area contributed by atoms with Gasteiger partial charge in [-0.05, 0) is 154 Å². The number of phenols is 5. The number of hydrogen-bond acceptors (Lipinski definition) is 9. The van der Waals surface area contributed by atoms with E-state index in [0.29, 0.717) is 28.7 Å². The van der Waals surface area contributed by atoms with Gasteiger partial charge in [0.1, 0.15) is 51.7 Å². The Bertz CT molecular complexity index is 2860. The summed E-state index contributed by atoms with van der Waals surface area (Å²) in [5, 5.41) is 48.6. The van der Waals surface area contributed by atoms with E-state index in [1.54, 1.807) is 72.8 Å². The minimum Gasteiger partial charge on any atom is -0.508 e. The number of hydrogen-bond donors (Lipinski definition) is 5. The molecule has 0 heterocycles. The Balaban J connectivity index is 0.00000101. The molecule has 9 aromatic rings. The minimum absolute atomic E-state index is 0.205. The zero-order chi connectivity index (χ0) is 54.3. The topological polar surface area (TPSA) is 138 Å². The van der Waals surface area contributed by atoms with E-state index in [4.69, 9.17) is 24.1 Å². The fourth-order valence-corrected chi connectivity index (χ4v) is 9.07. The van der Waals surface area contributed by atoms with Crippen LogP contribution in [0.3, 0.4) is 0 Å². The van der Waals surface area contributed by atoms with Crippen LogP contribution in [0.4, 0.5) is 0 Å². The standard InChI is InChI=1S/C61H60O8.C6H6O/c1-57(2,41-9-25-49(62)26-10-41)45-17-33-53(34-18-45)66-61(67-54-35-19-46(20-36-54)58(3,4)42-11-27-50(63)28-12-42,68-55-37-21-47(22-38-55)59(5,6)43-13-29-51(64)30-14-43)69-56-39-23-48(24-40-56)60(7,8)44-15-31-52(65)32-16-44;7-6-4-2-1-3-5-6/h9-40,62-65H,1-8H3;1-5,7H. The molecule has 9 aromatic carbocycles. The molecule has 0 amide bonds. The monoisotopic (exact) mass is 1010 g/mol. The largest absolute Gasteiger partial charge is 0.611 e. The number of benzene rings is 9. The maximum Gasteiger partial charge on any atom is 0.611 e. The third-order valence-electron chi connectivity index (χ3n) is 14.4. The average molecular weight is 1020 g/mol. The van der Waals surface area contributed by atoms with Crippen molar-refractivity contribution in [1.82, 2.24) is 0 Å². The second kappa shape index (κ2) is 21.9. The van der Waals surface area contributed by atoms with Crippen LogP contribution in [-0.4, -0.2) is 31.7 Å². The lowest BCUT2D eigenvalue weighted by Gasteiger charge is -2.33. The maximum atomic E-state index is 9.99. The Labute approximate surface area is 446 Å². The Morgan fingerprint density at radius 3 is 0.526 bits per heavy atom. The number of aromatic hydroxyl groups is 5. The first-order valence-corrected chi connectivity index (χ1v) is 25.2. The van der Waals surface area contributed by atoms with Gasteiger partial charge in [-0.2, -0.15) is 0 Å². The van der Waals surface area contributed by atoms with Gasteiger partial charge in [-0.1, -0.05) is 171 Å². The summed E-state index contributed by atoms with van der Waals surface area (Å²) >= 11 is 0. The van der Waals surface area contributed by atoms with E-state index in [1.165, 1.54) is 0 Å². The molecule has 9 rings (SSSR count). The van der Waals surface area contributed by atoms with E-state index < -0.39 is 27.8 Å². The average Bonchev–Trinajstić information content (AvgIpc) is 3.40. The molecule has 0 aliphatic rings. The highest BCUT2D eigenvalue weighted by atomic mass is 17.0. The molecule has 0 saturated carbocycles. The second-order valence-corrected chi connectivity index (χ2v) is 21.0. The number of para-hydroxylation sites is 1. The molecule has 9 nitrogen and oxygen atoms in total. The lowest BCUT2D eigenvalue weighted by atomic mass is 9.78. The quantitative estimate of drug-likeness (QED) is 0.0599. The molecule has 0 aliphatic carbocycles. The van der Waals surface area contributed by atoms with Crippen LogP contribution in [0.15, 0.2) is 224 Å². The number of phenolic OH excluding ortho intramolecular Hbond substituents is 5. The summed E-state index contributed by atoms with van der Waals surface area (Å²) in [7, 11) is 0. The predicted octanol–water partition coefficient (Wildman–Crippen LogP) is 15.4. The SMILES string of the molecule is CC(C)(c1ccc(O)cc1)c1ccc(OC(Oc2ccc(C(C)(C)c3ccc(O)cc3)cc2)(Oc2ccc(C(C)(C)c3ccc(O)cc3)cc2)Oc2ccc(C(C)(C)c3ccc(O)cc3)cc2)cc1.Oc1ccccc1. The van der Waals surface area contributed by atoms with Crippen LogP contribution in [0.25, 0.3) is 0 Å². The Morgan fingerprint density at radius 1 is 0.211 bits per heavy atom. The molecule has 0 atom stereocenters. The highest BCUT2D eigenvalue weighted by Gasteiger charge is 2.44. The van der Waals surface area contributed by atoms with Crippen LogP contribution in [0.2, 0.25) is 0 Å². The van der Waals surface area contributed by atoms with Gasteiger partial charge in [0.05, 0.1) is 0 Å². The molecule has 5 N–H and O–H groups in total. The fourth-order valence-electron chi connectivity index (χ4n) is 9.07. The normalized spacial score (nSPS) is 11.9. The van der Waals surface area contributed by atoms with Gasteiger partial charge in [0.2, 0.25) is 0 Å². The molecular weight excluding hydrogens is 949 g/mol. The van der Waals surface area contributed by atoms with Crippen LogP contribution in [0, 0.1) is 0 Å². The van der Waals surface area contributed by atoms with Crippen LogP contribution >= 0.6 is 0 Å². The smallest absolute Gasteiger partial charge is 0.508 e. The van der Waals surface area contributed by atoms with Gasteiger partial charge in [-0.3, -0.25) is 0 Å². The summed E-state index contributed by atoms with van der Waals surface area (Å²) in [6.07, 6.45) is -2.25. The molecule has 0 radical (unpaired) electrons. The van der Waals surface area contributed by atoms with Crippen LogP contribution in [0.1, 0.15) is 99.9 Å². The van der Waals surface area contributed by atoms with Gasteiger partial charge < -0.3 is 44.5 Å². The first-order chi connectivity index (χ1) is 36.1. The molecule has 388 valence electrons. The van der Waals surface area contributed by atoms with Crippen molar-refractivity contribution in [2.45, 2.75) is 83.2 Å². The number of rotatable bonds is 16. The van der Waals surface area contributed by atoms with Gasteiger partial charge in [-0.15, -0.1) is 0 Å². The highest BCUT2D eigenvalue weighted by Crippen LogP contribution is 2.40. The molecule has 76 heavy (non-hydrogen) atoms. The van der Waals surface area contributed by atoms with Crippen molar-refractivity contribution in [3.8, 4) is 51.7 Å². The molecule has 0 aromatic heterocycles. The van der Waals surface area contributed by atoms with Crippen molar-refractivity contribution >= 4 is 0 Å². The third-order valence-corrected chi connectivity index (χ3v) is 14.4. The summed E-state index contributed by atoms with van der Waals surface area (Å²) in [6.45, 7) is 17.0. The van der Waals surface area contributed by atoms with Crippen molar-refractivity contribution < 1.29 is 44.5 Å². The van der Waals surface area contributed by atoms with Crippen molar-refractivity contribution in [2.75, 3.05) is 0 Å². The van der Waals surface area contributed by atoms with E-state index in [1.807, 2.05) is 152 Å². The van der Waals surface area contributed by atoms with Gasteiger partial charge >= 0.3 is 6.16 Å². The molecule has 0 fully saturated rings. The van der Waals surface area contributed by atoms with E-state index in [2.05, 4.69) is 55.4 Å². The lowest BCUT2D eigenvalue weighted by Crippen LogP contribution is -2.53.